The molecule has 1 fully saturated rings. The largest absolute Gasteiger partial charge is 0.346 e. The fourth-order valence-electron chi connectivity index (χ4n) is 3.75. The number of para-hydroxylation sites is 1. The van der Waals surface area contributed by atoms with Gasteiger partial charge in [0.2, 0.25) is 0 Å². The average molecular weight is 404 g/mol. The second kappa shape index (κ2) is 14.3. The molecule has 0 amide bonds. The molecule has 2 rings (SSSR count). The van der Waals surface area contributed by atoms with Gasteiger partial charge in [0, 0.05) is 6.07 Å². The number of allylic oxidation sites excluding steroid dienone is 1. The lowest BCUT2D eigenvalue weighted by Crippen LogP contribution is -2.06. The smallest absolute Gasteiger partial charge is 0.275 e. The van der Waals surface area contributed by atoms with Crippen molar-refractivity contribution < 1.29 is 14.4 Å². The van der Waals surface area contributed by atoms with Gasteiger partial charge in [0.05, 0.1) is 17.1 Å². The number of nitro groups is 1. The molecular weight excluding hydrogens is 366 g/mol. The molecule has 1 aliphatic rings. The Morgan fingerprint density at radius 3 is 2.28 bits per heavy atom. The lowest BCUT2D eigenvalue weighted by atomic mass is 10.1. The van der Waals surface area contributed by atoms with Crippen LogP contribution < -0.4 is 0 Å². The summed E-state index contributed by atoms with van der Waals surface area (Å²) in [5, 5.41) is 11.2. The minimum Gasteiger partial charge on any atom is -0.346 e. The first-order valence-corrected chi connectivity index (χ1v) is 11.4. The van der Waals surface area contributed by atoms with Crippen molar-refractivity contribution in [1.82, 2.24) is 0 Å². The van der Waals surface area contributed by atoms with Crippen LogP contribution in [0.15, 0.2) is 36.4 Å². The highest BCUT2D eigenvalue weighted by molar-refractivity contribution is 5.41. The normalized spacial score (nSPS) is 19.2. The van der Waals surface area contributed by atoms with Crippen molar-refractivity contribution in [3.05, 3.63) is 52.1 Å². The van der Waals surface area contributed by atoms with Crippen LogP contribution in [0.2, 0.25) is 0 Å². The summed E-state index contributed by atoms with van der Waals surface area (Å²) < 4.78 is 11.5. The predicted molar refractivity (Wildman–Crippen MR) is 117 cm³/mol. The van der Waals surface area contributed by atoms with Crippen LogP contribution in [0, 0.1) is 10.1 Å². The quantitative estimate of drug-likeness (QED) is 0.134. The number of hydrogen-bond donors (Lipinski definition) is 0. The monoisotopic (exact) mass is 403 g/mol. The van der Waals surface area contributed by atoms with Gasteiger partial charge in [0.1, 0.15) is 6.10 Å². The summed E-state index contributed by atoms with van der Waals surface area (Å²) in [6.45, 7) is 2.61. The molecule has 1 heterocycles. The molecule has 0 spiro atoms. The summed E-state index contributed by atoms with van der Waals surface area (Å²) in [6.07, 6.45) is 19.1. The molecule has 162 valence electrons. The van der Waals surface area contributed by atoms with Crippen LogP contribution in [0.25, 0.3) is 0 Å². The standard InChI is InChI=1S/C24H37NO4/c1-2-3-4-5-6-7-8-9-10-11-12-13-14-19-24-28-20-23(29-24)21-17-15-16-18-22(21)25(26)27/h14-19,23-24H,2-13,20H2,1H3/b19-14-. The van der Waals surface area contributed by atoms with Gasteiger partial charge < -0.3 is 9.47 Å². The van der Waals surface area contributed by atoms with Crippen molar-refractivity contribution in [3.8, 4) is 0 Å². The number of hydrogen-bond acceptors (Lipinski definition) is 4. The van der Waals surface area contributed by atoms with E-state index in [0.717, 1.165) is 6.42 Å². The van der Waals surface area contributed by atoms with Crippen LogP contribution in [-0.4, -0.2) is 17.8 Å². The Bertz CT molecular complexity index is 617. The first-order valence-electron chi connectivity index (χ1n) is 11.4. The van der Waals surface area contributed by atoms with Crippen LogP contribution >= 0.6 is 0 Å². The highest BCUT2D eigenvalue weighted by Crippen LogP contribution is 2.32. The summed E-state index contributed by atoms with van der Waals surface area (Å²) >= 11 is 0. The molecule has 1 aromatic rings. The van der Waals surface area contributed by atoms with Crippen LogP contribution in [-0.2, 0) is 9.47 Å². The summed E-state index contributed by atoms with van der Waals surface area (Å²) in [7, 11) is 0. The molecule has 0 N–H and O–H groups in total. The zero-order valence-corrected chi connectivity index (χ0v) is 17.9. The van der Waals surface area contributed by atoms with E-state index in [-0.39, 0.29) is 16.7 Å². The van der Waals surface area contributed by atoms with Crippen molar-refractivity contribution >= 4 is 5.69 Å². The first-order chi connectivity index (χ1) is 14.2. The molecule has 2 atom stereocenters. The summed E-state index contributed by atoms with van der Waals surface area (Å²) in [4.78, 5) is 10.8. The van der Waals surface area contributed by atoms with Gasteiger partial charge in [-0.3, -0.25) is 10.1 Å². The summed E-state index contributed by atoms with van der Waals surface area (Å²) in [5.41, 5.74) is 0.672. The van der Waals surface area contributed by atoms with E-state index in [4.69, 9.17) is 9.47 Å². The van der Waals surface area contributed by atoms with Crippen molar-refractivity contribution in [3.63, 3.8) is 0 Å². The van der Waals surface area contributed by atoms with Crippen LogP contribution in [0.3, 0.4) is 0 Å². The van der Waals surface area contributed by atoms with Crippen LogP contribution in [0.4, 0.5) is 5.69 Å². The SMILES string of the molecule is CCCCCCCCCCCCC/C=C\C1OCC(c2ccccc2[N+](=O)[O-])O1. The maximum Gasteiger partial charge on any atom is 0.275 e. The highest BCUT2D eigenvalue weighted by atomic mass is 16.7. The molecule has 0 saturated carbocycles. The van der Waals surface area contributed by atoms with Crippen LogP contribution in [0.5, 0.6) is 0 Å². The predicted octanol–water partition coefficient (Wildman–Crippen LogP) is 7.27. The van der Waals surface area contributed by atoms with Gasteiger partial charge in [-0.05, 0) is 25.0 Å². The Balaban J connectivity index is 1.52. The molecule has 0 radical (unpaired) electrons. The van der Waals surface area contributed by atoms with Gasteiger partial charge in [-0.1, -0.05) is 89.3 Å². The highest BCUT2D eigenvalue weighted by Gasteiger charge is 2.30. The van der Waals surface area contributed by atoms with E-state index in [2.05, 4.69) is 13.0 Å². The molecule has 2 unspecified atom stereocenters. The molecule has 0 aromatic heterocycles. The van der Waals surface area contributed by atoms with Gasteiger partial charge >= 0.3 is 0 Å². The zero-order valence-electron chi connectivity index (χ0n) is 17.9. The Kier molecular flexibility index (Phi) is 11.6. The van der Waals surface area contributed by atoms with E-state index in [9.17, 15) is 10.1 Å². The summed E-state index contributed by atoms with van der Waals surface area (Å²) in [6, 6.07) is 6.71. The lowest BCUT2D eigenvalue weighted by molar-refractivity contribution is -0.386. The van der Waals surface area contributed by atoms with E-state index >= 15 is 0 Å². The molecule has 5 nitrogen and oxygen atoms in total. The third-order valence-electron chi connectivity index (χ3n) is 5.46. The zero-order chi connectivity index (χ0) is 20.7. The molecule has 0 bridgehead atoms. The van der Waals surface area contributed by atoms with Crippen molar-refractivity contribution in [2.75, 3.05) is 6.61 Å². The summed E-state index contributed by atoms with van der Waals surface area (Å²) in [5.74, 6) is 0. The fourth-order valence-corrected chi connectivity index (χ4v) is 3.75. The Hall–Kier alpha value is -1.72. The van der Waals surface area contributed by atoms with Crippen molar-refractivity contribution in [2.45, 2.75) is 96.4 Å². The van der Waals surface area contributed by atoms with E-state index in [1.54, 1.807) is 18.2 Å². The van der Waals surface area contributed by atoms with Gasteiger partial charge in [0.25, 0.3) is 5.69 Å². The maximum absolute atomic E-state index is 11.2. The fraction of sp³-hybridized carbons (Fsp3) is 0.667. The Morgan fingerprint density at radius 2 is 1.62 bits per heavy atom. The number of nitro benzene ring substituents is 1. The number of benzene rings is 1. The Morgan fingerprint density at radius 1 is 1.00 bits per heavy atom. The molecule has 29 heavy (non-hydrogen) atoms. The van der Waals surface area contributed by atoms with Gasteiger partial charge in [-0.25, -0.2) is 0 Å². The first kappa shape index (κ1) is 23.6. The lowest BCUT2D eigenvalue weighted by Gasteiger charge is -2.09. The van der Waals surface area contributed by atoms with E-state index < -0.39 is 6.29 Å². The second-order valence-electron chi connectivity index (χ2n) is 7.89. The molecule has 5 heteroatoms. The second-order valence-corrected chi connectivity index (χ2v) is 7.89. The third kappa shape index (κ3) is 9.09. The number of nitrogens with zero attached hydrogens (tertiary/aromatic N) is 1. The topological polar surface area (TPSA) is 61.6 Å². The Labute approximate surface area is 175 Å². The van der Waals surface area contributed by atoms with E-state index in [1.807, 2.05) is 6.08 Å². The van der Waals surface area contributed by atoms with E-state index in [0.29, 0.717) is 12.2 Å². The van der Waals surface area contributed by atoms with Crippen LogP contribution in [0.1, 0.15) is 95.6 Å². The minimum absolute atomic E-state index is 0.0895. The number of unbranched alkanes of at least 4 members (excludes halogenated alkanes) is 11. The molecule has 1 aliphatic heterocycles. The van der Waals surface area contributed by atoms with E-state index in [1.165, 1.54) is 76.7 Å². The van der Waals surface area contributed by atoms with Crippen molar-refractivity contribution in [2.24, 2.45) is 0 Å². The number of ether oxygens (including phenoxy) is 2. The third-order valence-corrected chi connectivity index (χ3v) is 5.46. The molecular formula is C24H37NO4. The molecule has 1 aromatic carbocycles. The maximum atomic E-state index is 11.2. The molecule has 1 saturated heterocycles. The van der Waals surface area contributed by atoms with Gasteiger partial charge in [-0.15, -0.1) is 0 Å². The number of rotatable bonds is 15. The van der Waals surface area contributed by atoms with Crippen molar-refractivity contribution in [1.29, 1.82) is 0 Å². The molecule has 0 aliphatic carbocycles. The van der Waals surface area contributed by atoms with Gasteiger partial charge in [0.15, 0.2) is 6.29 Å². The average Bonchev–Trinajstić information content (AvgIpc) is 3.20. The van der Waals surface area contributed by atoms with Gasteiger partial charge in [-0.2, -0.15) is 0 Å². The minimum atomic E-state index is -0.410.